The minimum atomic E-state index is -0.229. The quantitative estimate of drug-likeness (QED) is 0.320. The highest BCUT2D eigenvalue weighted by molar-refractivity contribution is 5.95. The molecule has 1 unspecified atom stereocenters. The van der Waals surface area contributed by atoms with Gasteiger partial charge in [0, 0.05) is 18.0 Å². The first-order valence-electron chi connectivity index (χ1n) is 6.46. The molecule has 0 aliphatic rings. The Morgan fingerprint density at radius 1 is 1.45 bits per heavy atom. The number of nitrogens with two attached hydrogens (primary N) is 1. The second-order valence-corrected chi connectivity index (χ2v) is 4.86. The van der Waals surface area contributed by atoms with Crippen molar-refractivity contribution in [3.05, 3.63) is 29.8 Å². The van der Waals surface area contributed by atoms with E-state index in [1.54, 1.807) is 31.2 Å². The molecular weight excluding hydrogens is 258 g/mol. The fourth-order valence-electron chi connectivity index (χ4n) is 1.70. The van der Waals surface area contributed by atoms with Gasteiger partial charge in [-0.1, -0.05) is 11.2 Å². The predicted molar refractivity (Wildman–Crippen MR) is 77.2 cm³/mol. The van der Waals surface area contributed by atoms with Crippen LogP contribution >= 0.6 is 0 Å². The van der Waals surface area contributed by atoms with Crippen LogP contribution in [0.2, 0.25) is 0 Å². The van der Waals surface area contributed by atoms with Crippen molar-refractivity contribution in [1.82, 2.24) is 5.32 Å². The fraction of sp³-hybridized carbons (Fsp3) is 0.429. The second kappa shape index (κ2) is 7.37. The van der Waals surface area contributed by atoms with E-state index in [0.29, 0.717) is 11.3 Å². The summed E-state index contributed by atoms with van der Waals surface area (Å²) in [6.45, 7) is 5.63. The summed E-state index contributed by atoms with van der Waals surface area (Å²) in [5.74, 6) is 0.504. The summed E-state index contributed by atoms with van der Waals surface area (Å²) in [6.07, 6.45) is 0.331. The molecule has 1 aromatic rings. The number of nitrogens with one attached hydrogen (secondary N) is 1. The molecule has 0 fully saturated rings. The average Bonchev–Trinajstić information content (AvgIpc) is 2.37. The fourth-order valence-corrected chi connectivity index (χ4v) is 1.70. The predicted octanol–water partition coefficient (Wildman–Crippen LogP) is 1.73. The molecule has 0 aliphatic carbocycles. The molecule has 0 spiro atoms. The first-order chi connectivity index (χ1) is 9.42. The van der Waals surface area contributed by atoms with Gasteiger partial charge in [0.1, 0.15) is 11.6 Å². The van der Waals surface area contributed by atoms with Gasteiger partial charge >= 0.3 is 0 Å². The number of hydrogen-bond donors (Lipinski definition) is 3. The summed E-state index contributed by atoms with van der Waals surface area (Å²) >= 11 is 0. The SMILES string of the molecule is CC(CC(N)=NO)NC(=O)c1cccc(OC(C)C)c1. The van der Waals surface area contributed by atoms with Gasteiger partial charge in [-0.15, -0.1) is 0 Å². The highest BCUT2D eigenvalue weighted by Gasteiger charge is 2.12. The summed E-state index contributed by atoms with van der Waals surface area (Å²) in [5.41, 5.74) is 5.90. The number of amides is 1. The number of carbonyl (C=O) groups is 1. The average molecular weight is 279 g/mol. The van der Waals surface area contributed by atoms with Crippen molar-refractivity contribution >= 4 is 11.7 Å². The van der Waals surface area contributed by atoms with Crippen LogP contribution in [0.5, 0.6) is 5.75 Å². The van der Waals surface area contributed by atoms with Crippen LogP contribution in [0.1, 0.15) is 37.6 Å². The van der Waals surface area contributed by atoms with Crippen LogP contribution < -0.4 is 15.8 Å². The topological polar surface area (TPSA) is 96.9 Å². The van der Waals surface area contributed by atoms with E-state index in [0.717, 1.165) is 0 Å². The Morgan fingerprint density at radius 3 is 2.75 bits per heavy atom. The summed E-state index contributed by atoms with van der Waals surface area (Å²) in [6, 6.07) is 6.73. The summed E-state index contributed by atoms with van der Waals surface area (Å²) in [5, 5.41) is 14.1. The Morgan fingerprint density at radius 2 is 2.15 bits per heavy atom. The van der Waals surface area contributed by atoms with Crippen molar-refractivity contribution in [2.45, 2.75) is 39.3 Å². The zero-order valence-electron chi connectivity index (χ0n) is 12.0. The Balaban J connectivity index is 2.67. The lowest BCUT2D eigenvalue weighted by Crippen LogP contribution is -2.35. The largest absolute Gasteiger partial charge is 0.491 e. The van der Waals surface area contributed by atoms with Crippen molar-refractivity contribution in [3.8, 4) is 5.75 Å². The van der Waals surface area contributed by atoms with E-state index < -0.39 is 0 Å². The lowest BCUT2D eigenvalue weighted by Gasteiger charge is -2.14. The van der Waals surface area contributed by atoms with Gasteiger partial charge in [-0.25, -0.2) is 0 Å². The maximum absolute atomic E-state index is 12.1. The van der Waals surface area contributed by atoms with Crippen LogP contribution in [-0.4, -0.2) is 29.1 Å². The van der Waals surface area contributed by atoms with E-state index in [9.17, 15) is 4.79 Å². The Kier molecular flexibility index (Phi) is 5.83. The highest BCUT2D eigenvalue weighted by Crippen LogP contribution is 2.15. The number of hydrogen-bond acceptors (Lipinski definition) is 4. The van der Waals surface area contributed by atoms with Crippen LogP contribution in [-0.2, 0) is 0 Å². The van der Waals surface area contributed by atoms with Crippen molar-refractivity contribution in [3.63, 3.8) is 0 Å². The summed E-state index contributed by atoms with van der Waals surface area (Å²) in [7, 11) is 0. The third-order valence-electron chi connectivity index (χ3n) is 2.49. The smallest absolute Gasteiger partial charge is 0.251 e. The molecule has 0 radical (unpaired) electrons. The molecule has 0 aliphatic heterocycles. The van der Waals surface area contributed by atoms with Crippen molar-refractivity contribution in [2.75, 3.05) is 0 Å². The molecule has 110 valence electrons. The molecule has 1 atom stereocenters. The molecular formula is C14H21N3O3. The number of benzene rings is 1. The summed E-state index contributed by atoms with van der Waals surface area (Å²) in [4.78, 5) is 12.1. The van der Waals surface area contributed by atoms with Gasteiger partial charge in [0.05, 0.1) is 6.10 Å². The van der Waals surface area contributed by atoms with Gasteiger partial charge in [-0.2, -0.15) is 0 Å². The van der Waals surface area contributed by atoms with Gasteiger partial charge in [0.15, 0.2) is 0 Å². The number of oxime groups is 1. The van der Waals surface area contributed by atoms with Crippen molar-refractivity contribution in [2.24, 2.45) is 10.9 Å². The molecule has 6 heteroatoms. The maximum Gasteiger partial charge on any atom is 0.251 e. The molecule has 1 rings (SSSR count). The lowest BCUT2D eigenvalue weighted by atomic mass is 10.1. The van der Waals surface area contributed by atoms with Gasteiger partial charge in [0.25, 0.3) is 5.91 Å². The van der Waals surface area contributed by atoms with Crippen LogP contribution in [0.25, 0.3) is 0 Å². The van der Waals surface area contributed by atoms with Crippen molar-refractivity contribution < 1.29 is 14.7 Å². The molecule has 0 aromatic heterocycles. The van der Waals surface area contributed by atoms with E-state index in [-0.39, 0.29) is 30.3 Å². The van der Waals surface area contributed by atoms with Crippen LogP contribution in [0.4, 0.5) is 0 Å². The molecule has 4 N–H and O–H groups in total. The number of carbonyl (C=O) groups excluding carboxylic acids is 1. The Hall–Kier alpha value is -2.24. The highest BCUT2D eigenvalue weighted by atomic mass is 16.5. The van der Waals surface area contributed by atoms with Crippen molar-refractivity contribution in [1.29, 1.82) is 0 Å². The molecule has 0 saturated carbocycles. The number of amidine groups is 1. The Bertz CT molecular complexity index is 486. The molecule has 20 heavy (non-hydrogen) atoms. The van der Waals surface area contributed by atoms with E-state index in [1.165, 1.54) is 0 Å². The van der Waals surface area contributed by atoms with Gasteiger partial charge in [0.2, 0.25) is 0 Å². The second-order valence-electron chi connectivity index (χ2n) is 4.86. The molecule has 0 heterocycles. The van der Waals surface area contributed by atoms with Gasteiger partial charge < -0.3 is 21.0 Å². The third kappa shape index (κ3) is 5.17. The standard InChI is InChI=1S/C14H21N3O3/c1-9(2)20-12-6-4-5-11(8-12)14(18)16-10(3)7-13(15)17-19/h4-6,8-10,19H,7H2,1-3H3,(H2,15,17)(H,16,18). The third-order valence-corrected chi connectivity index (χ3v) is 2.49. The lowest BCUT2D eigenvalue weighted by molar-refractivity contribution is 0.0940. The van der Waals surface area contributed by atoms with E-state index >= 15 is 0 Å². The van der Waals surface area contributed by atoms with E-state index in [2.05, 4.69) is 10.5 Å². The monoisotopic (exact) mass is 279 g/mol. The van der Waals surface area contributed by atoms with Gasteiger partial charge in [-0.05, 0) is 39.0 Å². The molecule has 1 aromatic carbocycles. The minimum Gasteiger partial charge on any atom is -0.491 e. The van der Waals surface area contributed by atoms with Gasteiger partial charge in [-0.3, -0.25) is 4.79 Å². The van der Waals surface area contributed by atoms with Crippen LogP contribution in [0.3, 0.4) is 0 Å². The minimum absolute atomic E-state index is 0.0489. The van der Waals surface area contributed by atoms with Crippen LogP contribution in [0, 0.1) is 0 Å². The van der Waals surface area contributed by atoms with E-state index in [4.69, 9.17) is 15.7 Å². The van der Waals surface area contributed by atoms with Crippen LogP contribution in [0.15, 0.2) is 29.4 Å². The molecule has 0 bridgehead atoms. The Labute approximate surface area is 118 Å². The van der Waals surface area contributed by atoms with E-state index in [1.807, 2.05) is 13.8 Å². The first kappa shape index (κ1) is 15.8. The zero-order valence-corrected chi connectivity index (χ0v) is 12.0. The maximum atomic E-state index is 12.1. The molecule has 1 amide bonds. The number of ether oxygens (including phenoxy) is 1. The first-order valence-corrected chi connectivity index (χ1v) is 6.46. The zero-order chi connectivity index (χ0) is 15.1. The number of rotatable bonds is 6. The normalized spacial score (nSPS) is 13.1. The molecule has 0 saturated heterocycles. The summed E-state index contributed by atoms with van der Waals surface area (Å²) < 4.78 is 5.54. The molecule has 6 nitrogen and oxygen atoms in total. The number of nitrogens with zero attached hydrogens (tertiary/aromatic N) is 1.